The van der Waals surface area contributed by atoms with Crippen LogP contribution < -0.4 is 5.32 Å². The molecule has 2 saturated carbocycles. The summed E-state index contributed by atoms with van der Waals surface area (Å²) in [4.78, 5) is 23.4. The first kappa shape index (κ1) is 15.3. The number of carbonyl (C=O) groups is 2. The standard InChI is InChI=1S/C16H27NO3/c1-15(2)7-4-3-6-12(15)14(20)17-11-16(8-5-9-16)10-13(18)19/h12H,3-11H2,1-2H3,(H,17,20)(H,18,19). The maximum absolute atomic E-state index is 12.4. The predicted octanol–water partition coefficient (Wildman–Crippen LogP) is 2.96. The lowest BCUT2D eigenvalue weighted by atomic mass is 9.66. The van der Waals surface area contributed by atoms with Crippen LogP contribution in [0.25, 0.3) is 0 Å². The second-order valence-corrected chi connectivity index (χ2v) is 7.43. The van der Waals surface area contributed by atoms with E-state index >= 15 is 0 Å². The Kier molecular flexibility index (Phi) is 4.40. The summed E-state index contributed by atoms with van der Waals surface area (Å²) in [7, 11) is 0. The van der Waals surface area contributed by atoms with Gasteiger partial charge >= 0.3 is 5.97 Å². The molecular weight excluding hydrogens is 254 g/mol. The normalized spacial score (nSPS) is 27.4. The van der Waals surface area contributed by atoms with E-state index in [1.807, 2.05) is 0 Å². The quantitative estimate of drug-likeness (QED) is 0.814. The molecule has 0 saturated heterocycles. The van der Waals surface area contributed by atoms with Gasteiger partial charge in [-0.2, -0.15) is 0 Å². The third-order valence-corrected chi connectivity index (χ3v) is 5.40. The molecule has 0 bridgehead atoms. The average Bonchev–Trinajstić information content (AvgIpc) is 2.31. The molecule has 1 amide bonds. The highest BCUT2D eigenvalue weighted by molar-refractivity contribution is 5.79. The lowest BCUT2D eigenvalue weighted by molar-refractivity contribution is -0.142. The monoisotopic (exact) mass is 281 g/mol. The van der Waals surface area contributed by atoms with Crippen molar-refractivity contribution in [3.63, 3.8) is 0 Å². The number of rotatable bonds is 5. The van der Waals surface area contributed by atoms with Crippen molar-refractivity contribution in [2.24, 2.45) is 16.7 Å². The highest BCUT2D eigenvalue weighted by Gasteiger charge is 2.41. The Bertz CT molecular complexity index is 385. The Balaban J connectivity index is 1.89. The first-order chi connectivity index (χ1) is 9.35. The van der Waals surface area contributed by atoms with Crippen molar-refractivity contribution in [1.82, 2.24) is 5.32 Å². The van der Waals surface area contributed by atoms with Crippen LogP contribution in [-0.2, 0) is 9.59 Å². The van der Waals surface area contributed by atoms with E-state index < -0.39 is 5.97 Å². The Labute approximate surface area is 121 Å². The van der Waals surface area contributed by atoms with E-state index in [1.165, 1.54) is 6.42 Å². The van der Waals surface area contributed by atoms with Gasteiger partial charge in [-0.3, -0.25) is 9.59 Å². The molecule has 1 atom stereocenters. The van der Waals surface area contributed by atoms with Gasteiger partial charge in [0.15, 0.2) is 0 Å². The molecule has 1 unspecified atom stereocenters. The molecular formula is C16H27NO3. The summed E-state index contributed by atoms with van der Waals surface area (Å²) in [6.45, 7) is 4.88. The number of carboxylic acids is 1. The van der Waals surface area contributed by atoms with Gasteiger partial charge < -0.3 is 10.4 Å². The lowest BCUT2D eigenvalue weighted by Crippen LogP contribution is -2.47. The van der Waals surface area contributed by atoms with E-state index in [0.717, 1.165) is 38.5 Å². The molecule has 2 rings (SSSR count). The summed E-state index contributed by atoms with van der Waals surface area (Å²) < 4.78 is 0. The van der Waals surface area contributed by atoms with E-state index in [4.69, 9.17) is 5.11 Å². The van der Waals surface area contributed by atoms with Crippen molar-refractivity contribution in [3.8, 4) is 0 Å². The summed E-state index contributed by atoms with van der Waals surface area (Å²) in [5.41, 5.74) is -0.109. The molecule has 0 spiro atoms. The number of nitrogens with one attached hydrogen (secondary N) is 1. The van der Waals surface area contributed by atoms with Crippen LogP contribution in [0.15, 0.2) is 0 Å². The molecule has 0 aromatic rings. The van der Waals surface area contributed by atoms with E-state index in [2.05, 4.69) is 19.2 Å². The molecule has 0 aromatic carbocycles. The summed E-state index contributed by atoms with van der Waals surface area (Å²) in [6.07, 6.45) is 7.51. The minimum atomic E-state index is -0.753. The van der Waals surface area contributed by atoms with E-state index in [-0.39, 0.29) is 29.1 Å². The van der Waals surface area contributed by atoms with E-state index in [0.29, 0.717) is 6.54 Å². The van der Waals surface area contributed by atoms with Gasteiger partial charge in [0.2, 0.25) is 5.91 Å². The Morgan fingerprint density at radius 2 is 1.85 bits per heavy atom. The Morgan fingerprint density at radius 1 is 1.15 bits per heavy atom. The number of hydrogen-bond acceptors (Lipinski definition) is 2. The van der Waals surface area contributed by atoms with Crippen LogP contribution in [0, 0.1) is 16.7 Å². The molecule has 0 aliphatic heterocycles. The number of carbonyl (C=O) groups excluding carboxylic acids is 1. The van der Waals surface area contributed by atoms with Crippen molar-refractivity contribution >= 4 is 11.9 Å². The zero-order valence-electron chi connectivity index (χ0n) is 12.7. The molecule has 2 N–H and O–H groups in total. The van der Waals surface area contributed by atoms with Gasteiger partial charge in [-0.1, -0.05) is 33.1 Å². The van der Waals surface area contributed by atoms with Crippen molar-refractivity contribution in [1.29, 1.82) is 0 Å². The summed E-state index contributed by atoms with van der Waals surface area (Å²) in [5, 5.41) is 12.1. The highest BCUT2D eigenvalue weighted by atomic mass is 16.4. The van der Waals surface area contributed by atoms with E-state index in [9.17, 15) is 9.59 Å². The molecule has 0 radical (unpaired) electrons. The predicted molar refractivity (Wildman–Crippen MR) is 77.3 cm³/mol. The summed E-state index contributed by atoms with van der Waals surface area (Å²) >= 11 is 0. The van der Waals surface area contributed by atoms with Crippen molar-refractivity contribution in [2.75, 3.05) is 6.54 Å². The maximum atomic E-state index is 12.4. The Hall–Kier alpha value is -1.06. The topological polar surface area (TPSA) is 66.4 Å². The van der Waals surface area contributed by atoms with Gasteiger partial charge in [-0.25, -0.2) is 0 Å². The van der Waals surface area contributed by atoms with Gasteiger partial charge in [0.1, 0.15) is 0 Å². The molecule has 20 heavy (non-hydrogen) atoms. The third kappa shape index (κ3) is 3.33. The second-order valence-electron chi connectivity index (χ2n) is 7.43. The summed E-state index contributed by atoms with van der Waals surface area (Å²) in [5.74, 6) is -0.540. The van der Waals surface area contributed by atoms with Gasteiger partial charge in [0, 0.05) is 12.5 Å². The van der Waals surface area contributed by atoms with Crippen LogP contribution in [0.1, 0.15) is 65.2 Å². The molecule has 2 fully saturated rings. The van der Waals surface area contributed by atoms with Crippen LogP contribution in [-0.4, -0.2) is 23.5 Å². The van der Waals surface area contributed by atoms with Gasteiger partial charge in [-0.05, 0) is 36.5 Å². The average molecular weight is 281 g/mol. The zero-order chi connectivity index (χ0) is 14.8. The fraction of sp³-hybridized carbons (Fsp3) is 0.875. The number of carboxylic acid groups (broad SMARTS) is 1. The van der Waals surface area contributed by atoms with Gasteiger partial charge in [0.25, 0.3) is 0 Å². The SMILES string of the molecule is CC1(C)CCCCC1C(=O)NCC1(CC(=O)O)CCC1. The fourth-order valence-electron chi connectivity index (χ4n) is 3.79. The van der Waals surface area contributed by atoms with Crippen LogP contribution in [0.2, 0.25) is 0 Å². The third-order valence-electron chi connectivity index (χ3n) is 5.40. The Morgan fingerprint density at radius 3 is 2.35 bits per heavy atom. The van der Waals surface area contributed by atoms with Crippen LogP contribution in [0.4, 0.5) is 0 Å². The number of hydrogen-bond donors (Lipinski definition) is 2. The van der Waals surface area contributed by atoms with E-state index in [1.54, 1.807) is 0 Å². The fourth-order valence-corrected chi connectivity index (χ4v) is 3.79. The van der Waals surface area contributed by atoms with Crippen molar-refractivity contribution in [3.05, 3.63) is 0 Å². The minimum absolute atomic E-state index is 0.0713. The molecule has 0 heterocycles. The van der Waals surface area contributed by atoms with Crippen LogP contribution in [0.3, 0.4) is 0 Å². The highest BCUT2D eigenvalue weighted by Crippen LogP contribution is 2.44. The maximum Gasteiger partial charge on any atom is 0.303 e. The molecule has 4 nitrogen and oxygen atoms in total. The van der Waals surface area contributed by atoms with Crippen molar-refractivity contribution < 1.29 is 14.7 Å². The van der Waals surface area contributed by atoms with Crippen molar-refractivity contribution in [2.45, 2.75) is 65.2 Å². The molecule has 0 aromatic heterocycles. The summed E-state index contributed by atoms with van der Waals surface area (Å²) in [6, 6.07) is 0. The van der Waals surface area contributed by atoms with Crippen LogP contribution in [0.5, 0.6) is 0 Å². The first-order valence-corrected chi connectivity index (χ1v) is 7.84. The molecule has 114 valence electrons. The largest absolute Gasteiger partial charge is 0.481 e. The molecule has 2 aliphatic carbocycles. The van der Waals surface area contributed by atoms with Gasteiger partial charge in [-0.15, -0.1) is 0 Å². The van der Waals surface area contributed by atoms with Crippen LogP contribution >= 0.6 is 0 Å². The minimum Gasteiger partial charge on any atom is -0.481 e. The first-order valence-electron chi connectivity index (χ1n) is 7.84. The number of amides is 1. The lowest BCUT2D eigenvalue weighted by Gasteiger charge is -2.42. The van der Waals surface area contributed by atoms with Gasteiger partial charge in [0.05, 0.1) is 6.42 Å². The smallest absolute Gasteiger partial charge is 0.303 e. The second kappa shape index (κ2) is 5.74. The molecule has 2 aliphatic rings. The number of aliphatic carboxylic acids is 1. The zero-order valence-corrected chi connectivity index (χ0v) is 12.7. The molecule has 4 heteroatoms.